The highest BCUT2D eigenvalue weighted by Gasteiger charge is 2.44. The molecule has 1 aromatic rings. The predicted molar refractivity (Wildman–Crippen MR) is 107 cm³/mol. The van der Waals surface area contributed by atoms with E-state index in [1.54, 1.807) is 19.9 Å². The third-order valence-corrected chi connectivity index (χ3v) is 5.40. The number of benzene rings is 1. The molecule has 0 radical (unpaired) electrons. The first kappa shape index (κ1) is 21.6. The van der Waals surface area contributed by atoms with E-state index in [0.29, 0.717) is 18.0 Å². The molecule has 3 rings (SSSR count). The van der Waals surface area contributed by atoms with Crippen LogP contribution in [0.2, 0.25) is 0 Å². The summed E-state index contributed by atoms with van der Waals surface area (Å²) in [5.41, 5.74) is 0.925. The Hall–Kier alpha value is -3.07. The summed E-state index contributed by atoms with van der Waals surface area (Å²) in [6, 6.07) is 6.04. The zero-order valence-electron chi connectivity index (χ0n) is 17.1. The number of methoxy groups -OCH3 is 1. The molecule has 1 fully saturated rings. The Labute approximate surface area is 173 Å². The van der Waals surface area contributed by atoms with Crippen LogP contribution in [0.4, 0.5) is 5.69 Å². The number of esters is 2. The molecule has 0 N–H and O–H groups in total. The molecule has 0 saturated carbocycles. The number of nitro groups is 1. The largest absolute Gasteiger partial charge is 0.468 e. The molecule has 9 heteroatoms. The Morgan fingerprint density at radius 2 is 2.03 bits per heavy atom. The van der Waals surface area contributed by atoms with Gasteiger partial charge in [-0.25, -0.2) is 4.79 Å². The highest BCUT2D eigenvalue weighted by atomic mass is 16.6. The molecule has 2 aliphatic rings. The van der Waals surface area contributed by atoms with Crippen molar-refractivity contribution < 1.29 is 28.7 Å². The molecule has 3 unspecified atom stereocenters. The zero-order chi connectivity index (χ0) is 21.8. The Morgan fingerprint density at radius 3 is 2.67 bits per heavy atom. The lowest BCUT2D eigenvalue weighted by Gasteiger charge is -2.31. The average Bonchev–Trinajstić information content (AvgIpc) is 3.24. The van der Waals surface area contributed by atoms with Gasteiger partial charge in [0.15, 0.2) is 0 Å². The van der Waals surface area contributed by atoms with Crippen molar-refractivity contribution in [2.24, 2.45) is 10.9 Å². The van der Waals surface area contributed by atoms with Crippen LogP contribution >= 0.6 is 0 Å². The number of nitro benzene ring substituents is 1. The maximum absolute atomic E-state index is 13.1. The van der Waals surface area contributed by atoms with Crippen molar-refractivity contribution in [2.45, 2.75) is 38.7 Å². The number of hydrogen-bond donors (Lipinski definition) is 0. The van der Waals surface area contributed by atoms with Crippen LogP contribution in [0.5, 0.6) is 0 Å². The minimum absolute atomic E-state index is 0.0742. The van der Waals surface area contributed by atoms with E-state index in [4.69, 9.17) is 14.2 Å². The Balaban J connectivity index is 2.06. The van der Waals surface area contributed by atoms with Crippen LogP contribution in [0.25, 0.3) is 0 Å². The summed E-state index contributed by atoms with van der Waals surface area (Å²) in [6.45, 7) is 3.96. The number of ether oxygens (including phenoxy) is 3. The lowest BCUT2D eigenvalue weighted by atomic mass is 9.75. The molecule has 2 heterocycles. The van der Waals surface area contributed by atoms with Crippen molar-refractivity contribution in [3.63, 3.8) is 0 Å². The Morgan fingerprint density at radius 1 is 1.30 bits per heavy atom. The van der Waals surface area contributed by atoms with Crippen molar-refractivity contribution >= 4 is 23.3 Å². The monoisotopic (exact) mass is 416 g/mol. The first-order valence-electron chi connectivity index (χ1n) is 9.71. The standard InChI is InChI=1S/C21H24N2O7/c1-12-17(20(24)28-3)19(15-8-4-5-9-16(15)23(26)27)18(13(2)22-12)21(25)30-11-14-7-6-10-29-14/h4-5,8-9,14,17,19H,6-7,10-11H2,1-3H3. The summed E-state index contributed by atoms with van der Waals surface area (Å²) in [6.07, 6.45) is 1.52. The second-order valence-corrected chi connectivity index (χ2v) is 7.28. The Bertz CT molecular complexity index is 916. The van der Waals surface area contributed by atoms with Crippen LogP contribution in [0.3, 0.4) is 0 Å². The van der Waals surface area contributed by atoms with Gasteiger partial charge in [0, 0.05) is 35.6 Å². The molecule has 3 atom stereocenters. The van der Waals surface area contributed by atoms with Gasteiger partial charge in [-0.15, -0.1) is 0 Å². The summed E-state index contributed by atoms with van der Waals surface area (Å²) in [5.74, 6) is -3.23. The van der Waals surface area contributed by atoms with Crippen LogP contribution < -0.4 is 0 Å². The highest BCUT2D eigenvalue weighted by molar-refractivity contribution is 6.07. The van der Waals surface area contributed by atoms with Crippen LogP contribution in [-0.4, -0.2) is 49.0 Å². The number of allylic oxidation sites excluding steroid dienone is 1. The number of nitrogens with zero attached hydrogens (tertiary/aromatic N) is 2. The number of hydrogen-bond acceptors (Lipinski definition) is 8. The van der Waals surface area contributed by atoms with Crippen molar-refractivity contribution in [1.29, 1.82) is 0 Å². The van der Waals surface area contributed by atoms with Gasteiger partial charge in [0.05, 0.1) is 23.7 Å². The normalized spacial score (nSPS) is 23.7. The van der Waals surface area contributed by atoms with Crippen molar-refractivity contribution in [1.82, 2.24) is 0 Å². The number of carbonyl (C=O) groups excluding carboxylic acids is 2. The fraction of sp³-hybridized carbons (Fsp3) is 0.476. The van der Waals surface area contributed by atoms with Crippen LogP contribution in [0.15, 0.2) is 40.5 Å². The summed E-state index contributed by atoms with van der Waals surface area (Å²) >= 11 is 0. The number of carbonyl (C=O) groups is 2. The molecule has 160 valence electrons. The lowest BCUT2D eigenvalue weighted by molar-refractivity contribution is -0.385. The highest BCUT2D eigenvalue weighted by Crippen LogP contribution is 2.43. The van der Waals surface area contributed by atoms with E-state index < -0.39 is 28.7 Å². The molecule has 30 heavy (non-hydrogen) atoms. The zero-order valence-corrected chi connectivity index (χ0v) is 17.1. The third kappa shape index (κ3) is 4.25. The molecule has 0 aromatic heterocycles. The van der Waals surface area contributed by atoms with Gasteiger partial charge in [0.1, 0.15) is 12.5 Å². The fourth-order valence-corrected chi connectivity index (χ4v) is 4.01. The topological polar surface area (TPSA) is 117 Å². The first-order valence-corrected chi connectivity index (χ1v) is 9.71. The van der Waals surface area contributed by atoms with Crippen LogP contribution in [-0.2, 0) is 23.8 Å². The van der Waals surface area contributed by atoms with Crippen molar-refractivity contribution in [2.75, 3.05) is 20.3 Å². The molecule has 1 saturated heterocycles. The molecule has 9 nitrogen and oxygen atoms in total. The SMILES string of the molecule is COC(=O)C1C(C)=NC(C)=C(C(=O)OCC2CCCO2)C1c1ccccc1[N+](=O)[O-]. The number of para-hydroxylation sites is 1. The quantitative estimate of drug-likeness (QED) is 0.397. The fourth-order valence-electron chi connectivity index (χ4n) is 4.01. The maximum Gasteiger partial charge on any atom is 0.336 e. The van der Waals surface area contributed by atoms with Crippen LogP contribution in [0, 0.1) is 16.0 Å². The lowest BCUT2D eigenvalue weighted by Crippen LogP contribution is -2.36. The summed E-state index contributed by atoms with van der Waals surface area (Å²) in [4.78, 5) is 41.2. The molecule has 1 aromatic carbocycles. The van der Waals surface area contributed by atoms with Gasteiger partial charge < -0.3 is 14.2 Å². The van der Waals surface area contributed by atoms with E-state index in [2.05, 4.69) is 4.99 Å². The summed E-state index contributed by atoms with van der Waals surface area (Å²) < 4.78 is 15.9. The van der Waals surface area contributed by atoms with Gasteiger partial charge >= 0.3 is 11.9 Å². The molecule has 0 bridgehead atoms. The first-order chi connectivity index (χ1) is 14.3. The minimum atomic E-state index is -0.981. The second-order valence-electron chi connectivity index (χ2n) is 7.28. The number of aliphatic imine (C=N–C) groups is 1. The molecule has 0 spiro atoms. The third-order valence-electron chi connectivity index (χ3n) is 5.40. The molecular formula is C21H24N2O7. The van der Waals surface area contributed by atoms with E-state index in [9.17, 15) is 19.7 Å². The maximum atomic E-state index is 13.1. The predicted octanol–water partition coefficient (Wildman–Crippen LogP) is 2.94. The molecule has 0 aliphatic carbocycles. The van der Waals surface area contributed by atoms with Crippen molar-refractivity contribution in [3.05, 3.63) is 51.2 Å². The van der Waals surface area contributed by atoms with Gasteiger partial charge in [-0.3, -0.25) is 19.9 Å². The Kier molecular flexibility index (Phi) is 6.61. The van der Waals surface area contributed by atoms with E-state index in [0.717, 1.165) is 12.8 Å². The van der Waals surface area contributed by atoms with Crippen LogP contribution in [0.1, 0.15) is 38.2 Å². The number of rotatable bonds is 6. The van der Waals surface area contributed by atoms with Crippen molar-refractivity contribution in [3.8, 4) is 0 Å². The van der Waals surface area contributed by atoms with Gasteiger partial charge in [0.25, 0.3) is 5.69 Å². The van der Waals surface area contributed by atoms with Gasteiger partial charge in [-0.2, -0.15) is 0 Å². The average molecular weight is 416 g/mol. The van der Waals surface area contributed by atoms with Gasteiger partial charge in [-0.1, -0.05) is 18.2 Å². The van der Waals surface area contributed by atoms with E-state index in [1.807, 2.05) is 0 Å². The van der Waals surface area contributed by atoms with E-state index in [1.165, 1.54) is 25.3 Å². The van der Waals surface area contributed by atoms with Gasteiger partial charge in [-0.05, 0) is 26.7 Å². The van der Waals surface area contributed by atoms with E-state index >= 15 is 0 Å². The minimum Gasteiger partial charge on any atom is -0.468 e. The summed E-state index contributed by atoms with van der Waals surface area (Å²) in [7, 11) is 1.23. The van der Waals surface area contributed by atoms with E-state index in [-0.39, 0.29) is 29.5 Å². The summed E-state index contributed by atoms with van der Waals surface area (Å²) in [5, 5.41) is 11.7. The smallest absolute Gasteiger partial charge is 0.336 e. The van der Waals surface area contributed by atoms with Gasteiger partial charge in [0.2, 0.25) is 0 Å². The second kappa shape index (κ2) is 9.17. The molecule has 2 aliphatic heterocycles. The molecule has 0 amide bonds. The molecular weight excluding hydrogens is 392 g/mol.